The summed E-state index contributed by atoms with van der Waals surface area (Å²) in [5.74, 6) is -0.632. The summed E-state index contributed by atoms with van der Waals surface area (Å²) in [4.78, 5) is 26.6. The van der Waals surface area contributed by atoms with Gasteiger partial charge >= 0.3 is 5.97 Å². The molecule has 0 unspecified atom stereocenters. The fraction of sp³-hybridized carbons (Fsp3) is 0.176. The highest BCUT2D eigenvalue weighted by molar-refractivity contribution is 5.90. The zero-order valence-corrected chi connectivity index (χ0v) is 12.3. The summed E-state index contributed by atoms with van der Waals surface area (Å²) in [6.07, 6.45) is 2.30. The second-order valence-corrected chi connectivity index (χ2v) is 4.93. The van der Waals surface area contributed by atoms with E-state index in [-0.39, 0.29) is 5.56 Å². The topological polar surface area (TPSA) is 72.3 Å². The Hall–Kier alpha value is -2.82. The number of furan rings is 1. The van der Waals surface area contributed by atoms with E-state index < -0.39 is 11.5 Å². The maximum atomic E-state index is 12.1. The van der Waals surface area contributed by atoms with Crippen LogP contribution in [0.5, 0.6) is 0 Å². The first kappa shape index (κ1) is 14.1. The minimum Gasteiger partial charge on any atom is -0.465 e. The van der Waals surface area contributed by atoms with Gasteiger partial charge in [-0.2, -0.15) is 0 Å². The molecule has 5 heteroatoms. The van der Waals surface area contributed by atoms with Gasteiger partial charge in [-0.15, -0.1) is 0 Å². The number of benzene rings is 1. The molecule has 0 atom stereocenters. The third-order valence-electron chi connectivity index (χ3n) is 3.65. The van der Waals surface area contributed by atoms with Crippen LogP contribution >= 0.6 is 0 Å². The second kappa shape index (κ2) is 5.52. The number of esters is 1. The van der Waals surface area contributed by atoms with E-state index in [1.165, 1.54) is 7.11 Å². The molecule has 0 aliphatic heterocycles. The van der Waals surface area contributed by atoms with Crippen molar-refractivity contribution in [3.05, 3.63) is 58.1 Å². The molecule has 0 saturated heterocycles. The number of pyridine rings is 1. The number of carbonyl (C=O) groups is 1. The zero-order valence-electron chi connectivity index (χ0n) is 12.3. The lowest BCUT2D eigenvalue weighted by molar-refractivity contribution is 0.0598. The van der Waals surface area contributed by atoms with Crippen molar-refractivity contribution in [2.24, 2.45) is 0 Å². The maximum absolute atomic E-state index is 12.1. The quantitative estimate of drug-likeness (QED) is 0.754. The lowest BCUT2D eigenvalue weighted by Crippen LogP contribution is -2.20. The molecule has 112 valence electrons. The molecule has 0 saturated carbocycles. The van der Waals surface area contributed by atoms with Crippen molar-refractivity contribution >= 4 is 16.9 Å². The summed E-state index contributed by atoms with van der Waals surface area (Å²) in [5.41, 5.74) is 2.82. The van der Waals surface area contributed by atoms with Crippen molar-refractivity contribution in [2.45, 2.75) is 13.3 Å². The molecule has 3 rings (SSSR count). The fourth-order valence-electron chi connectivity index (χ4n) is 2.49. The van der Waals surface area contributed by atoms with Gasteiger partial charge in [-0.1, -0.05) is 6.92 Å². The van der Waals surface area contributed by atoms with Crippen molar-refractivity contribution < 1.29 is 13.9 Å². The van der Waals surface area contributed by atoms with E-state index >= 15 is 0 Å². The Morgan fingerprint density at radius 3 is 2.82 bits per heavy atom. The number of carbonyl (C=O) groups excluding carboxylic acids is 1. The van der Waals surface area contributed by atoms with Gasteiger partial charge in [-0.25, -0.2) is 4.79 Å². The van der Waals surface area contributed by atoms with Crippen LogP contribution in [0.15, 0.2) is 45.8 Å². The lowest BCUT2D eigenvalue weighted by Gasteiger charge is -2.10. The Morgan fingerprint density at radius 2 is 2.09 bits per heavy atom. The summed E-state index contributed by atoms with van der Waals surface area (Å²) in [7, 11) is 1.26. The van der Waals surface area contributed by atoms with Crippen molar-refractivity contribution in [3.63, 3.8) is 0 Å². The predicted octanol–water partition coefficient (Wildman–Crippen LogP) is 3.14. The minimum atomic E-state index is -0.632. The van der Waals surface area contributed by atoms with Gasteiger partial charge in [0.05, 0.1) is 19.1 Å². The molecular weight excluding hydrogens is 282 g/mol. The molecule has 0 aliphatic rings. The summed E-state index contributed by atoms with van der Waals surface area (Å²) in [6.45, 7) is 1.97. The number of nitrogens with one attached hydrogen (secondary N) is 1. The number of H-pyrrole nitrogens is 1. The molecule has 1 aromatic carbocycles. The summed E-state index contributed by atoms with van der Waals surface area (Å²) in [6, 6.07) is 9.15. The van der Waals surface area contributed by atoms with Crippen molar-refractivity contribution in [3.8, 4) is 11.3 Å². The number of aromatic nitrogens is 1. The Bertz CT molecular complexity index is 904. The van der Waals surface area contributed by atoms with Gasteiger partial charge in [-0.3, -0.25) is 4.79 Å². The molecule has 22 heavy (non-hydrogen) atoms. The van der Waals surface area contributed by atoms with Crippen molar-refractivity contribution in [1.82, 2.24) is 4.98 Å². The lowest BCUT2D eigenvalue weighted by atomic mass is 10.0. The van der Waals surface area contributed by atoms with Gasteiger partial charge in [0.2, 0.25) is 0 Å². The molecule has 0 fully saturated rings. The first-order valence-electron chi connectivity index (χ1n) is 6.96. The summed E-state index contributed by atoms with van der Waals surface area (Å²) in [5, 5.41) is 0.956. The average molecular weight is 297 g/mol. The van der Waals surface area contributed by atoms with E-state index in [1.807, 2.05) is 31.2 Å². The molecule has 0 aliphatic carbocycles. The normalized spacial score (nSPS) is 10.8. The van der Waals surface area contributed by atoms with E-state index in [0.29, 0.717) is 12.1 Å². The van der Waals surface area contributed by atoms with Crippen LogP contribution in [0.2, 0.25) is 0 Å². The molecule has 0 radical (unpaired) electrons. The Labute approximate surface area is 126 Å². The minimum absolute atomic E-state index is 0.0208. The van der Waals surface area contributed by atoms with Crippen LogP contribution in [-0.4, -0.2) is 18.1 Å². The van der Waals surface area contributed by atoms with E-state index in [2.05, 4.69) is 9.72 Å². The van der Waals surface area contributed by atoms with E-state index in [0.717, 1.165) is 22.1 Å². The van der Waals surface area contributed by atoms with Crippen molar-refractivity contribution in [2.75, 3.05) is 7.11 Å². The van der Waals surface area contributed by atoms with Gasteiger partial charge in [0.15, 0.2) is 0 Å². The van der Waals surface area contributed by atoms with E-state index in [4.69, 9.17) is 4.42 Å². The van der Waals surface area contributed by atoms with Crippen LogP contribution in [0.4, 0.5) is 0 Å². The number of ether oxygens (including phenoxy) is 1. The second-order valence-electron chi connectivity index (χ2n) is 4.93. The maximum Gasteiger partial charge on any atom is 0.343 e. The monoisotopic (exact) mass is 297 g/mol. The molecule has 2 aromatic heterocycles. The van der Waals surface area contributed by atoms with Gasteiger partial charge in [0.25, 0.3) is 5.56 Å². The first-order chi connectivity index (χ1) is 10.6. The molecule has 2 heterocycles. The Morgan fingerprint density at radius 1 is 1.27 bits per heavy atom. The smallest absolute Gasteiger partial charge is 0.343 e. The predicted molar refractivity (Wildman–Crippen MR) is 83.0 cm³/mol. The van der Waals surface area contributed by atoms with E-state index in [1.54, 1.807) is 12.3 Å². The molecule has 0 amide bonds. The largest absolute Gasteiger partial charge is 0.465 e. The molecule has 0 bridgehead atoms. The van der Waals surface area contributed by atoms with Crippen LogP contribution in [0.25, 0.3) is 22.2 Å². The Balaban J connectivity index is 2.19. The van der Waals surface area contributed by atoms with Gasteiger partial charge < -0.3 is 14.1 Å². The van der Waals surface area contributed by atoms with Gasteiger partial charge in [0, 0.05) is 5.39 Å². The highest BCUT2D eigenvalue weighted by atomic mass is 16.5. The SMILES string of the molecule is CCc1cc(C(=O)OC)c(=O)[nH]c1-c1ccc2occc2c1. The number of hydrogen-bond donors (Lipinski definition) is 1. The standard InChI is InChI=1S/C17H15NO4/c1-3-10-9-13(17(20)21-2)16(19)18-15(10)12-4-5-14-11(8-12)6-7-22-14/h4-9H,3H2,1-2H3,(H,18,19). The fourth-order valence-corrected chi connectivity index (χ4v) is 2.49. The average Bonchev–Trinajstić information content (AvgIpc) is 3.01. The molecule has 3 aromatic rings. The van der Waals surface area contributed by atoms with Crippen LogP contribution in [0.3, 0.4) is 0 Å². The molecule has 0 spiro atoms. The first-order valence-corrected chi connectivity index (χ1v) is 6.96. The summed E-state index contributed by atoms with van der Waals surface area (Å²) < 4.78 is 9.96. The van der Waals surface area contributed by atoms with Crippen molar-refractivity contribution in [1.29, 1.82) is 0 Å². The number of aromatic amines is 1. The third-order valence-corrected chi connectivity index (χ3v) is 3.65. The van der Waals surface area contributed by atoms with Gasteiger partial charge in [-0.05, 0) is 47.9 Å². The van der Waals surface area contributed by atoms with Gasteiger partial charge in [0.1, 0.15) is 11.1 Å². The number of fused-ring (bicyclic) bond motifs is 1. The number of methoxy groups -OCH3 is 1. The molecule has 5 nitrogen and oxygen atoms in total. The number of aryl methyl sites for hydroxylation is 1. The third kappa shape index (κ3) is 2.30. The van der Waals surface area contributed by atoms with Crippen LogP contribution in [0.1, 0.15) is 22.8 Å². The molecule has 1 N–H and O–H groups in total. The number of hydrogen-bond acceptors (Lipinski definition) is 4. The Kier molecular flexibility index (Phi) is 3.55. The number of rotatable bonds is 3. The van der Waals surface area contributed by atoms with E-state index in [9.17, 15) is 9.59 Å². The highest BCUT2D eigenvalue weighted by Crippen LogP contribution is 2.26. The van der Waals surface area contributed by atoms with Crippen LogP contribution in [-0.2, 0) is 11.2 Å². The van der Waals surface area contributed by atoms with Crippen LogP contribution < -0.4 is 5.56 Å². The molecular formula is C17H15NO4. The highest BCUT2D eigenvalue weighted by Gasteiger charge is 2.15. The summed E-state index contributed by atoms with van der Waals surface area (Å²) >= 11 is 0. The zero-order chi connectivity index (χ0) is 15.7. The van der Waals surface area contributed by atoms with Crippen LogP contribution in [0, 0.1) is 0 Å².